The molecule has 1 fully saturated rings. The summed E-state index contributed by atoms with van der Waals surface area (Å²) in [6, 6.07) is 5.22. The summed E-state index contributed by atoms with van der Waals surface area (Å²) in [6.45, 7) is 6.89. The number of rotatable bonds is 5. The minimum absolute atomic E-state index is 0.0411. The van der Waals surface area contributed by atoms with E-state index >= 15 is 0 Å². The molecule has 2 heterocycles. The number of fused-ring (bicyclic) bond motifs is 1. The summed E-state index contributed by atoms with van der Waals surface area (Å²) in [5, 5.41) is 5.93. The van der Waals surface area contributed by atoms with Crippen LogP contribution in [0.4, 0.5) is 0 Å². The van der Waals surface area contributed by atoms with E-state index < -0.39 is 10.0 Å². The van der Waals surface area contributed by atoms with Gasteiger partial charge in [-0.05, 0) is 58.2 Å². The molecule has 1 amide bonds. The van der Waals surface area contributed by atoms with Crippen molar-refractivity contribution in [2.75, 3.05) is 5.75 Å². The average Bonchev–Trinajstić information content (AvgIpc) is 2.95. The van der Waals surface area contributed by atoms with Crippen molar-refractivity contribution in [3.05, 3.63) is 18.2 Å². The van der Waals surface area contributed by atoms with Gasteiger partial charge in [-0.2, -0.15) is 0 Å². The van der Waals surface area contributed by atoms with E-state index in [2.05, 4.69) is 18.8 Å². The van der Waals surface area contributed by atoms with Crippen LogP contribution in [-0.2, 0) is 21.4 Å². The van der Waals surface area contributed by atoms with Gasteiger partial charge in [0.25, 0.3) is 0 Å². The van der Waals surface area contributed by atoms with Gasteiger partial charge in [-0.1, -0.05) is 11.8 Å². The maximum Gasteiger partial charge on any atom is 0.238 e. The second-order valence-corrected chi connectivity index (χ2v) is 9.56. The number of carbonyl (C=O) groups is 1. The Morgan fingerprint density at radius 3 is 2.56 bits per heavy atom. The average molecular weight is 411 g/mol. The van der Waals surface area contributed by atoms with Crippen molar-refractivity contribution in [2.45, 2.75) is 68.7 Å². The predicted molar refractivity (Wildman–Crippen MR) is 107 cm³/mol. The molecule has 0 unspecified atom stereocenters. The van der Waals surface area contributed by atoms with Crippen molar-refractivity contribution in [1.82, 2.24) is 14.5 Å². The van der Waals surface area contributed by atoms with Gasteiger partial charge in [0, 0.05) is 18.6 Å². The molecule has 7 nitrogen and oxygen atoms in total. The Labute approximate surface area is 164 Å². The first-order chi connectivity index (χ1) is 12.7. The second-order valence-electron chi connectivity index (χ2n) is 7.05. The topological polar surface area (TPSA) is 98.3 Å². The number of nitrogens with zero attached hydrogens (tertiary/aromatic N) is 3. The lowest BCUT2D eigenvalue weighted by molar-refractivity contribution is -0.134. The molecule has 1 aliphatic rings. The molecule has 0 spiro atoms. The van der Waals surface area contributed by atoms with Gasteiger partial charge in [-0.25, -0.2) is 18.5 Å². The van der Waals surface area contributed by atoms with Crippen LogP contribution in [0.15, 0.2) is 28.3 Å². The van der Waals surface area contributed by atoms with Gasteiger partial charge in [0.1, 0.15) is 0 Å². The summed E-state index contributed by atoms with van der Waals surface area (Å²) in [5.41, 5.74) is 1.40. The summed E-state index contributed by atoms with van der Waals surface area (Å²) in [6.07, 6.45) is 3.26. The van der Waals surface area contributed by atoms with Gasteiger partial charge in [0.2, 0.25) is 15.9 Å². The molecular formula is C18H26N4O3S2. The van der Waals surface area contributed by atoms with E-state index in [0.717, 1.165) is 24.8 Å². The molecular weight excluding hydrogens is 384 g/mol. The molecule has 0 radical (unpaired) electrons. The molecule has 0 aliphatic carbocycles. The molecule has 148 valence electrons. The minimum atomic E-state index is -3.77. The molecule has 2 N–H and O–H groups in total. The van der Waals surface area contributed by atoms with E-state index in [4.69, 9.17) is 5.14 Å². The van der Waals surface area contributed by atoms with Crippen LogP contribution < -0.4 is 5.14 Å². The first-order valence-corrected chi connectivity index (χ1v) is 11.7. The molecule has 1 saturated heterocycles. The summed E-state index contributed by atoms with van der Waals surface area (Å²) in [5.74, 6) is 0.444. The molecule has 1 aromatic carbocycles. The van der Waals surface area contributed by atoms with E-state index in [0.29, 0.717) is 23.0 Å². The Hall–Kier alpha value is -1.58. The van der Waals surface area contributed by atoms with Crippen LogP contribution in [0.5, 0.6) is 0 Å². The Bertz CT molecular complexity index is 945. The number of thioether (sulfide) groups is 1. The summed E-state index contributed by atoms with van der Waals surface area (Å²) < 4.78 is 25.1. The highest BCUT2D eigenvalue weighted by molar-refractivity contribution is 7.99. The second kappa shape index (κ2) is 7.81. The third-order valence-electron chi connectivity index (χ3n) is 5.14. The van der Waals surface area contributed by atoms with Crippen LogP contribution in [0.1, 0.15) is 40.0 Å². The molecule has 3 rings (SSSR count). The highest BCUT2D eigenvalue weighted by Crippen LogP contribution is 2.28. The number of nitrogens with two attached hydrogens (primary N) is 1. The van der Waals surface area contributed by atoms with Crippen LogP contribution >= 0.6 is 11.8 Å². The molecule has 0 bridgehead atoms. The maximum atomic E-state index is 12.8. The van der Waals surface area contributed by atoms with Gasteiger partial charge in [-0.15, -0.1) is 0 Å². The van der Waals surface area contributed by atoms with Gasteiger partial charge < -0.3 is 9.47 Å². The van der Waals surface area contributed by atoms with E-state index in [-0.39, 0.29) is 22.9 Å². The number of hydrogen-bond acceptors (Lipinski definition) is 5. The molecule has 1 aromatic heterocycles. The number of likely N-dealkylation sites (tertiary alicyclic amines) is 1. The quantitative estimate of drug-likeness (QED) is 0.764. The SMILES string of the molecule is CCn1c(SCC(=O)N2[C@H](C)CCC[C@H]2C)nc2cc(S(N)(=O)=O)ccc21. The Kier molecular flexibility index (Phi) is 5.83. The number of primary sulfonamides is 1. The zero-order chi connectivity index (χ0) is 19.8. The van der Waals surface area contributed by atoms with Crippen LogP contribution in [0.25, 0.3) is 11.0 Å². The number of aryl methyl sites for hydroxylation is 1. The van der Waals surface area contributed by atoms with Crippen molar-refractivity contribution in [1.29, 1.82) is 0 Å². The van der Waals surface area contributed by atoms with Gasteiger partial charge in [-0.3, -0.25) is 4.79 Å². The molecule has 0 saturated carbocycles. The number of amides is 1. The lowest BCUT2D eigenvalue weighted by atomic mass is 9.98. The van der Waals surface area contributed by atoms with Crippen molar-refractivity contribution in [3.8, 4) is 0 Å². The van der Waals surface area contributed by atoms with Crippen molar-refractivity contribution in [2.24, 2.45) is 5.14 Å². The number of hydrogen-bond donors (Lipinski definition) is 1. The number of benzene rings is 1. The number of carbonyl (C=O) groups excluding carboxylic acids is 1. The zero-order valence-electron chi connectivity index (χ0n) is 15.9. The number of aromatic nitrogens is 2. The van der Waals surface area contributed by atoms with Crippen LogP contribution in [0, 0.1) is 0 Å². The van der Waals surface area contributed by atoms with E-state index in [1.807, 2.05) is 16.4 Å². The van der Waals surface area contributed by atoms with Crippen LogP contribution in [0.3, 0.4) is 0 Å². The molecule has 1 aliphatic heterocycles. The maximum absolute atomic E-state index is 12.8. The highest BCUT2D eigenvalue weighted by atomic mass is 32.2. The Balaban J connectivity index is 1.83. The van der Waals surface area contributed by atoms with E-state index in [1.165, 1.54) is 23.9 Å². The van der Waals surface area contributed by atoms with Gasteiger partial charge in [0.15, 0.2) is 5.16 Å². The predicted octanol–water partition coefficient (Wildman–Crippen LogP) is 2.59. The largest absolute Gasteiger partial charge is 0.337 e. The first-order valence-electron chi connectivity index (χ1n) is 9.19. The lowest BCUT2D eigenvalue weighted by Gasteiger charge is -2.39. The third-order valence-corrected chi connectivity index (χ3v) is 7.01. The minimum Gasteiger partial charge on any atom is -0.337 e. The van der Waals surface area contributed by atoms with Crippen molar-refractivity contribution < 1.29 is 13.2 Å². The fourth-order valence-electron chi connectivity index (χ4n) is 3.79. The first kappa shape index (κ1) is 20.2. The van der Waals surface area contributed by atoms with Crippen molar-refractivity contribution >= 4 is 38.7 Å². The van der Waals surface area contributed by atoms with Gasteiger partial charge in [0.05, 0.1) is 21.7 Å². The Morgan fingerprint density at radius 1 is 1.30 bits per heavy atom. The fraction of sp³-hybridized carbons (Fsp3) is 0.556. The smallest absolute Gasteiger partial charge is 0.238 e. The number of piperidine rings is 1. The molecule has 27 heavy (non-hydrogen) atoms. The van der Waals surface area contributed by atoms with E-state index in [9.17, 15) is 13.2 Å². The summed E-state index contributed by atoms with van der Waals surface area (Å²) in [7, 11) is -3.77. The monoisotopic (exact) mass is 410 g/mol. The highest BCUT2D eigenvalue weighted by Gasteiger charge is 2.29. The molecule has 2 atom stereocenters. The van der Waals surface area contributed by atoms with Crippen LogP contribution in [0.2, 0.25) is 0 Å². The molecule has 2 aromatic rings. The fourth-order valence-corrected chi connectivity index (χ4v) is 5.28. The Morgan fingerprint density at radius 2 is 1.96 bits per heavy atom. The van der Waals surface area contributed by atoms with Crippen molar-refractivity contribution in [3.63, 3.8) is 0 Å². The summed E-state index contributed by atoms with van der Waals surface area (Å²) in [4.78, 5) is 19.3. The van der Waals surface area contributed by atoms with Crippen LogP contribution in [-0.4, -0.2) is 46.6 Å². The van der Waals surface area contributed by atoms with Gasteiger partial charge >= 0.3 is 0 Å². The zero-order valence-corrected chi connectivity index (χ0v) is 17.5. The number of sulfonamides is 1. The number of imidazole rings is 1. The molecule has 9 heteroatoms. The normalized spacial score (nSPS) is 21.0. The standard InChI is InChI=1S/C18H26N4O3S2/c1-4-21-16-9-8-14(27(19,24)25)10-15(16)20-18(21)26-11-17(23)22-12(2)6-5-7-13(22)3/h8-10,12-13H,4-7,11H2,1-3H3,(H2,19,24,25)/t12-,13-/m1/s1. The van der Waals surface area contributed by atoms with E-state index in [1.54, 1.807) is 6.07 Å². The lowest BCUT2D eigenvalue weighted by Crippen LogP contribution is -2.48. The third kappa shape index (κ3) is 4.14. The summed E-state index contributed by atoms with van der Waals surface area (Å²) >= 11 is 1.40.